The molecule has 64 valence electrons. The largest absolute Gasteiger partial charge is 0.0774 e. The second-order valence-electron chi connectivity index (χ2n) is 3.41. The van der Waals surface area contributed by atoms with Gasteiger partial charge in [-0.25, -0.2) is 0 Å². The van der Waals surface area contributed by atoms with E-state index in [1.165, 1.54) is 25.7 Å². The van der Waals surface area contributed by atoms with Gasteiger partial charge in [-0.1, -0.05) is 53.3 Å². The predicted molar refractivity (Wildman–Crippen MR) is 60.8 cm³/mol. The third-order valence-electron chi connectivity index (χ3n) is 2.55. The molecule has 1 aliphatic rings. The number of benzene rings is 1. The Bertz CT molecular complexity index is 267. The van der Waals surface area contributed by atoms with Gasteiger partial charge in [0.25, 0.3) is 0 Å². The van der Waals surface area contributed by atoms with Gasteiger partial charge >= 0.3 is 0 Å². The van der Waals surface area contributed by atoms with Gasteiger partial charge in [-0.3, -0.25) is 0 Å². The van der Waals surface area contributed by atoms with Crippen LogP contribution in [0.3, 0.4) is 0 Å². The molecule has 1 unspecified atom stereocenters. The number of hydrogen-bond acceptors (Lipinski definition) is 0. The highest BCUT2D eigenvalue weighted by atomic mass is 127. The molecule has 0 nitrogen and oxygen atoms in total. The quantitative estimate of drug-likeness (QED) is 0.382. The summed E-state index contributed by atoms with van der Waals surface area (Å²) in [5, 5.41) is 0. The smallest absolute Gasteiger partial charge is 0.0362 e. The summed E-state index contributed by atoms with van der Waals surface area (Å²) in [6.45, 7) is 0. The molecule has 1 aromatic carbocycles. The molecule has 0 fully saturated rings. The van der Waals surface area contributed by atoms with E-state index in [0.29, 0.717) is 0 Å². The summed E-state index contributed by atoms with van der Waals surface area (Å²) in [5.74, 6) is 0. The molecule has 0 aliphatic heterocycles. The molecule has 0 saturated carbocycles. The molecule has 1 heteroatoms. The van der Waals surface area contributed by atoms with Crippen LogP contribution in [-0.4, -0.2) is 0 Å². The summed E-state index contributed by atoms with van der Waals surface area (Å²) >= 11 is 2.57. The average Bonchev–Trinajstić information content (AvgIpc) is 2.29. The maximum Gasteiger partial charge on any atom is 0.0362 e. The molecule has 0 amide bonds. The monoisotopic (exact) mass is 272 g/mol. The molecule has 0 spiro atoms. The van der Waals surface area contributed by atoms with Crippen LogP contribution >= 0.6 is 22.6 Å². The molecule has 2 rings (SSSR count). The first kappa shape index (κ1) is 8.54. The SMILES string of the molecule is IC1CCCCc2ccccc21. The van der Waals surface area contributed by atoms with Crippen molar-refractivity contribution in [2.24, 2.45) is 0 Å². The standard InChI is InChI=1S/C11H13I/c12-11-8-4-2-6-9-5-1-3-7-10(9)11/h1,3,5,7,11H,2,4,6,8H2. The summed E-state index contributed by atoms with van der Waals surface area (Å²) in [4.78, 5) is 0. The van der Waals surface area contributed by atoms with Crippen molar-refractivity contribution in [1.82, 2.24) is 0 Å². The van der Waals surface area contributed by atoms with Crippen LogP contribution in [0.5, 0.6) is 0 Å². The van der Waals surface area contributed by atoms with E-state index in [4.69, 9.17) is 0 Å². The minimum atomic E-state index is 0.751. The van der Waals surface area contributed by atoms with Crippen molar-refractivity contribution in [2.75, 3.05) is 0 Å². The van der Waals surface area contributed by atoms with Gasteiger partial charge in [0.05, 0.1) is 0 Å². The topological polar surface area (TPSA) is 0 Å². The fourth-order valence-corrected chi connectivity index (χ4v) is 2.91. The minimum Gasteiger partial charge on any atom is -0.0774 e. The molecule has 1 atom stereocenters. The third kappa shape index (κ3) is 1.65. The van der Waals surface area contributed by atoms with E-state index in [1.54, 1.807) is 11.1 Å². The molecule has 0 heterocycles. The maximum absolute atomic E-state index is 2.57. The number of fused-ring (bicyclic) bond motifs is 1. The highest BCUT2D eigenvalue weighted by Gasteiger charge is 2.14. The van der Waals surface area contributed by atoms with Gasteiger partial charge < -0.3 is 0 Å². The highest BCUT2D eigenvalue weighted by Crippen LogP contribution is 2.34. The fourth-order valence-electron chi connectivity index (χ4n) is 1.86. The summed E-state index contributed by atoms with van der Waals surface area (Å²) in [6.07, 6.45) is 5.41. The van der Waals surface area contributed by atoms with Gasteiger partial charge in [-0.2, -0.15) is 0 Å². The average molecular weight is 272 g/mol. The Labute approximate surface area is 87.5 Å². The Morgan fingerprint density at radius 3 is 2.92 bits per heavy atom. The Hall–Kier alpha value is -0.0500. The molecule has 0 bridgehead atoms. The third-order valence-corrected chi connectivity index (χ3v) is 3.84. The predicted octanol–water partition coefficient (Wildman–Crippen LogP) is 3.89. The Morgan fingerprint density at radius 1 is 1.17 bits per heavy atom. The lowest BCUT2D eigenvalue weighted by atomic mass is 10.0. The van der Waals surface area contributed by atoms with Crippen molar-refractivity contribution in [1.29, 1.82) is 0 Å². The van der Waals surface area contributed by atoms with Gasteiger partial charge in [-0.15, -0.1) is 0 Å². The maximum atomic E-state index is 2.57. The van der Waals surface area contributed by atoms with Crippen molar-refractivity contribution < 1.29 is 0 Å². The Morgan fingerprint density at radius 2 is 2.00 bits per heavy atom. The van der Waals surface area contributed by atoms with Crippen molar-refractivity contribution in [3.05, 3.63) is 35.4 Å². The van der Waals surface area contributed by atoms with Gasteiger partial charge in [0.1, 0.15) is 0 Å². The minimum absolute atomic E-state index is 0.751. The highest BCUT2D eigenvalue weighted by molar-refractivity contribution is 14.1. The van der Waals surface area contributed by atoms with Crippen LogP contribution in [0.15, 0.2) is 24.3 Å². The van der Waals surface area contributed by atoms with E-state index >= 15 is 0 Å². The molecule has 1 aliphatic carbocycles. The van der Waals surface area contributed by atoms with Crippen molar-refractivity contribution in [3.8, 4) is 0 Å². The summed E-state index contributed by atoms with van der Waals surface area (Å²) in [7, 11) is 0. The molecule has 1 aromatic rings. The van der Waals surface area contributed by atoms with Crippen LogP contribution in [0.4, 0.5) is 0 Å². The van der Waals surface area contributed by atoms with Gasteiger partial charge in [0.15, 0.2) is 0 Å². The zero-order chi connectivity index (χ0) is 8.39. The molecular weight excluding hydrogens is 259 g/mol. The van der Waals surface area contributed by atoms with Crippen LogP contribution in [0, 0.1) is 0 Å². The van der Waals surface area contributed by atoms with Crippen LogP contribution in [-0.2, 0) is 6.42 Å². The van der Waals surface area contributed by atoms with E-state index in [2.05, 4.69) is 46.9 Å². The number of aryl methyl sites for hydroxylation is 1. The lowest BCUT2D eigenvalue weighted by Crippen LogP contribution is -1.91. The molecule has 0 N–H and O–H groups in total. The summed E-state index contributed by atoms with van der Waals surface area (Å²) < 4.78 is 0.751. The van der Waals surface area contributed by atoms with Crippen LogP contribution in [0.1, 0.15) is 34.3 Å². The number of rotatable bonds is 0. The second-order valence-corrected chi connectivity index (χ2v) is 4.92. The van der Waals surface area contributed by atoms with E-state index in [-0.39, 0.29) is 0 Å². The van der Waals surface area contributed by atoms with E-state index in [9.17, 15) is 0 Å². The van der Waals surface area contributed by atoms with Crippen LogP contribution in [0.2, 0.25) is 0 Å². The van der Waals surface area contributed by atoms with Crippen LogP contribution in [0.25, 0.3) is 0 Å². The van der Waals surface area contributed by atoms with E-state index in [1.807, 2.05) is 0 Å². The first-order valence-corrected chi connectivity index (χ1v) is 5.84. The molecule has 0 saturated heterocycles. The van der Waals surface area contributed by atoms with Crippen molar-refractivity contribution in [3.63, 3.8) is 0 Å². The van der Waals surface area contributed by atoms with E-state index in [0.717, 1.165) is 3.92 Å². The second kappa shape index (κ2) is 3.77. The van der Waals surface area contributed by atoms with Gasteiger partial charge in [0, 0.05) is 3.92 Å². The lowest BCUT2D eigenvalue weighted by molar-refractivity contribution is 0.713. The molecule has 12 heavy (non-hydrogen) atoms. The van der Waals surface area contributed by atoms with E-state index < -0.39 is 0 Å². The van der Waals surface area contributed by atoms with Crippen LogP contribution < -0.4 is 0 Å². The Kier molecular flexibility index (Phi) is 2.69. The number of halogens is 1. The zero-order valence-electron chi connectivity index (χ0n) is 7.09. The van der Waals surface area contributed by atoms with Crippen molar-refractivity contribution >= 4 is 22.6 Å². The summed E-state index contributed by atoms with van der Waals surface area (Å²) in [6, 6.07) is 8.90. The lowest BCUT2D eigenvalue weighted by Gasteiger charge is -2.09. The first-order valence-electron chi connectivity index (χ1n) is 4.60. The Balaban J connectivity index is 2.39. The van der Waals surface area contributed by atoms with Gasteiger partial charge in [0.2, 0.25) is 0 Å². The first-order chi connectivity index (χ1) is 5.88. The molecule has 0 aromatic heterocycles. The fraction of sp³-hybridized carbons (Fsp3) is 0.455. The molecule has 0 radical (unpaired) electrons. The zero-order valence-corrected chi connectivity index (χ0v) is 9.25. The normalized spacial score (nSPS) is 22.9. The molecular formula is C11H13I. The van der Waals surface area contributed by atoms with Crippen molar-refractivity contribution in [2.45, 2.75) is 29.6 Å². The number of alkyl halides is 1. The summed E-state index contributed by atoms with van der Waals surface area (Å²) in [5.41, 5.74) is 3.16. The van der Waals surface area contributed by atoms with Gasteiger partial charge in [-0.05, 0) is 30.4 Å². The number of hydrogen-bond donors (Lipinski definition) is 0.